The summed E-state index contributed by atoms with van der Waals surface area (Å²) in [5, 5.41) is 7.90. The van der Waals surface area contributed by atoms with Gasteiger partial charge in [-0.05, 0) is 43.7 Å². The van der Waals surface area contributed by atoms with E-state index < -0.39 is 11.5 Å². The number of hydrogen-bond acceptors (Lipinski definition) is 4. The number of nitrogens with one attached hydrogen (secondary N) is 2. The number of aromatic amines is 1. The van der Waals surface area contributed by atoms with E-state index in [1.807, 2.05) is 45.2 Å². The number of anilines is 1. The van der Waals surface area contributed by atoms with E-state index in [9.17, 15) is 9.59 Å². The number of pyridine rings is 2. The average molecular weight is 373 g/mol. The summed E-state index contributed by atoms with van der Waals surface area (Å²) in [4.78, 5) is 32.2. The van der Waals surface area contributed by atoms with Crippen LogP contribution in [0.2, 0.25) is 0 Å². The molecule has 0 radical (unpaired) electrons. The van der Waals surface area contributed by atoms with Crippen molar-refractivity contribution in [3.8, 4) is 11.3 Å². The Labute approximate surface area is 161 Å². The van der Waals surface area contributed by atoms with Gasteiger partial charge in [0, 0.05) is 18.1 Å². The van der Waals surface area contributed by atoms with Crippen LogP contribution in [0, 0.1) is 13.8 Å². The van der Waals surface area contributed by atoms with Gasteiger partial charge in [0.25, 0.3) is 11.5 Å². The van der Waals surface area contributed by atoms with Crippen molar-refractivity contribution in [1.82, 2.24) is 19.7 Å². The number of hydrogen-bond donors (Lipinski definition) is 2. The molecule has 7 heteroatoms. The molecule has 4 rings (SSSR count). The van der Waals surface area contributed by atoms with E-state index in [1.165, 1.54) is 6.07 Å². The molecule has 3 heterocycles. The third kappa shape index (κ3) is 3.18. The third-order valence-corrected chi connectivity index (χ3v) is 4.60. The molecule has 140 valence electrons. The summed E-state index contributed by atoms with van der Waals surface area (Å²) in [5.74, 6) is -0.486. The van der Waals surface area contributed by atoms with Gasteiger partial charge < -0.3 is 10.3 Å². The van der Waals surface area contributed by atoms with E-state index in [1.54, 1.807) is 23.0 Å². The van der Waals surface area contributed by atoms with Gasteiger partial charge in [-0.3, -0.25) is 14.3 Å². The van der Waals surface area contributed by atoms with Gasteiger partial charge in [0.1, 0.15) is 5.56 Å². The smallest absolute Gasteiger partial charge is 0.261 e. The molecule has 3 aromatic heterocycles. The van der Waals surface area contributed by atoms with Gasteiger partial charge in [-0.25, -0.2) is 4.98 Å². The van der Waals surface area contributed by atoms with Crippen LogP contribution in [-0.2, 0) is 7.05 Å². The lowest BCUT2D eigenvalue weighted by molar-refractivity contribution is 0.102. The van der Waals surface area contributed by atoms with Crippen LogP contribution in [0.5, 0.6) is 0 Å². The van der Waals surface area contributed by atoms with E-state index in [0.29, 0.717) is 11.4 Å². The Kier molecular flexibility index (Phi) is 4.27. The molecule has 0 atom stereocenters. The van der Waals surface area contributed by atoms with Gasteiger partial charge in [0.2, 0.25) is 0 Å². The molecule has 0 spiro atoms. The first-order chi connectivity index (χ1) is 13.4. The quantitative estimate of drug-likeness (QED) is 0.577. The molecule has 0 aliphatic heterocycles. The zero-order chi connectivity index (χ0) is 19.8. The largest absolute Gasteiger partial charge is 0.321 e. The minimum Gasteiger partial charge on any atom is -0.321 e. The number of amides is 1. The SMILES string of the molecule is Cc1cccc(-c2ccc(C(=O)Nc3cnc4c(c3)c(C)nn4C)c(=O)[nH]2)c1. The topological polar surface area (TPSA) is 92.7 Å². The standard InChI is InChI=1S/C21H19N5O2/c1-12-5-4-6-14(9-12)18-8-7-16(21(28)24-18)20(27)23-15-10-17-13(2)25-26(3)19(17)22-11-15/h4-11H,1-3H3,(H,23,27)(H,24,28). The Morgan fingerprint density at radius 1 is 1.14 bits per heavy atom. The van der Waals surface area contributed by atoms with Crippen LogP contribution in [0.3, 0.4) is 0 Å². The maximum absolute atomic E-state index is 12.6. The van der Waals surface area contributed by atoms with E-state index >= 15 is 0 Å². The number of H-pyrrole nitrogens is 1. The summed E-state index contributed by atoms with van der Waals surface area (Å²) in [5.41, 5.74) is 4.31. The highest BCUT2D eigenvalue weighted by molar-refractivity contribution is 6.04. The first-order valence-corrected chi connectivity index (χ1v) is 8.83. The van der Waals surface area contributed by atoms with Crippen molar-refractivity contribution < 1.29 is 4.79 Å². The Morgan fingerprint density at radius 3 is 2.71 bits per heavy atom. The molecule has 0 aliphatic rings. The first kappa shape index (κ1) is 17.7. The molecule has 28 heavy (non-hydrogen) atoms. The minimum atomic E-state index is -0.486. The van der Waals surface area contributed by atoms with Crippen molar-refractivity contribution in [2.24, 2.45) is 7.05 Å². The van der Waals surface area contributed by atoms with E-state index in [2.05, 4.69) is 20.4 Å². The van der Waals surface area contributed by atoms with Crippen LogP contribution >= 0.6 is 0 Å². The lowest BCUT2D eigenvalue weighted by atomic mass is 10.1. The molecule has 7 nitrogen and oxygen atoms in total. The van der Waals surface area contributed by atoms with Crippen LogP contribution in [-0.4, -0.2) is 25.7 Å². The summed E-state index contributed by atoms with van der Waals surface area (Å²) >= 11 is 0. The predicted molar refractivity (Wildman–Crippen MR) is 108 cm³/mol. The molecule has 0 bridgehead atoms. The third-order valence-electron chi connectivity index (χ3n) is 4.60. The number of benzene rings is 1. The monoisotopic (exact) mass is 373 g/mol. The second kappa shape index (κ2) is 6.77. The van der Waals surface area contributed by atoms with Gasteiger partial charge in [-0.1, -0.05) is 23.8 Å². The molecule has 1 amide bonds. The zero-order valence-corrected chi connectivity index (χ0v) is 15.8. The van der Waals surface area contributed by atoms with Gasteiger partial charge in [0.05, 0.1) is 17.6 Å². The van der Waals surface area contributed by atoms with E-state index in [-0.39, 0.29) is 5.56 Å². The molecule has 0 aliphatic carbocycles. The summed E-state index contributed by atoms with van der Waals surface area (Å²) in [7, 11) is 1.82. The van der Waals surface area contributed by atoms with Crippen LogP contribution in [0.4, 0.5) is 5.69 Å². The highest BCUT2D eigenvalue weighted by Gasteiger charge is 2.14. The van der Waals surface area contributed by atoms with Crippen LogP contribution in [0.25, 0.3) is 22.3 Å². The van der Waals surface area contributed by atoms with Crippen molar-refractivity contribution in [2.45, 2.75) is 13.8 Å². The fourth-order valence-corrected chi connectivity index (χ4v) is 3.21. The molecule has 4 aromatic rings. The van der Waals surface area contributed by atoms with Gasteiger partial charge >= 0.3 is 0 Å². The van der Waals surface area contributed by atoms with Crippen molar-refractivity contribution in [3.63, 3.8) is 0 Å². The normalized spacial score (nSPS) is 11.0. The molecule has 0 saturated carbocycles. The molecule has 0 fully saturated rings. The van der Waals surface area contributed by atoms with E-state index in [0.717, 1.165) is 27.9 Å². The molecular weight excluding hydrogens is 354 g/mol. The molecule has 1 aromatic carbocycles. The Hall–Kier alpha value is -3.74. The summed E-state index contributed by atoms with van der Waals surface area (Å²) in [6.45, 7) is 3.86. The number of carbonyl (C=O) groups excluding carboxylic acids is 1. The van der Waals surface area contributed by atoms with Crippen molar-refractivity contribution in [2.75, 3.05) is 5.32 Å². The zero-order valence-electron chi connectivity index (χ0n) is 15.8. The lowest BCUT2D eigenvalue weighted by Crippen LogP contribution is -2.23. The predicted octanol–water partition coefficient (Wildman–Crippen LogP) is 3.19. The molecule has 2 N–H and O–H groups in total. The second-order valence-electron chi connectivity index (χ2n) is 6.74. The van der Waals surface area contributed by atoms with Gasteiger partial charge in [-0.15, -0.1) is 0 Å². The number of aromatic nitrogens is 4. The minimum absolute atomic E-state index is 0.0411. The Bertz CT molecular complexity index is 1270. The lowest BCUT2D eigenvalue weighted by Gasteiger charge is -2.07. The summed E-state index contributed by atoms with van der Waals surface area (Å²) < 4.78 is 1.69. The maximum atomic E-state index is 12.6. The van der Waals surface area contributed by atoms with Crippen LogP contribution in [0.1, 0.15) is 21.6 Å². The summed E-state index contributed by atoms with van der Waals surface area (Å²) in [6.07, 6.45) is 1.55. The van der Waals surface area contributed by atoms with Gasteiger partial charge in [0.15, 0.2) is 5.65 Å². The second-order valence-corrected chi connectivity index (χ2v) is 6.74. The number of rotatable bonds is 3. The van der Waals surface area contributed by atoms with Crippen LogP contribution < -0.4 is 10.9 Å². The molecular formula is C21H19N5O2. The number of nitrogens with zero attached hydrogens (tertiary/aromatic N) is 3. The van der Waals surface area contributed by atoms with Gasteiger partial charge in [-0.2, -0.15) is 5.10 Å². The Balaban J connectivity index is 1.62. The van der Waals surface area contributed by atoms with E-state index in [4.69, 9.17) is 0 Å². The Morgan fingerprint density at radius 2 is 1.96 bits per heavy atom. The molecule has 0 saturated heterocycles. The number of carbonyl (C=O) groups is 1. The fourth-order valence-electron chi connectivity index (χ4n) is 3.21. The first-order valence-electron chi connectivity index (χ1n) is 8.83. The summed E-state index contributed by atoms with van der Waals surface area (Å²) in [6, 6.07) is 12.9. The van der Waals surface area contributed by atoms with Crippen molar-refractivity contribution in [3.05, 3.63) is 75.8 Å². The fraction of sp³-hybridized carbons (Fsp3) is 0.143. The number of fused-ring (bicyclic) bond motifs is 1. The number of aryl methyl sites for hydroxylation is 3. The van der Waals surface area contributed by atoms with Crippen molar-refractivity contribution >= 4 is 22.6 Å². The highest BCUT2D eigenvalue weighted by Crippen LogP contribution is 2.20. The molecule has 0 unspecified atom stereocenters. The highest BCUT2D eigenvalue weighted by atomic mass is 16.2. The average Bonchev–Trinajstić information content (AvgIpc) is 2.95. The van der Waals surface area contributed by atoms with Crippen molar-refractivity contribution in [1.29, 1.82) is 0 Å². The van der Waals surface area contributed by atoms with Crippen LogP contribution in [0.15, 0.2) is 53.5 Å². The maximum Gasteiger partial charge on any atom is 0.261 e.